The monoisotopic (exact) mass is 349 g/mol. The number of nitrogen functional groups attached to an aromatic ring is 1. The van der Waals surface area contributed by atoms with Gasteiger partial charge in [-0.25, -0.2) is 0 Å². The molecule has 1 heterocycles. The summed E-state index contributed by atoms with van der Waals surface area (Å²) in [5, 5.41) is 21.8. The van der Waals surface area contributed by atoms with Crippen LogP contribution in [0.4, 0.5) is 11.9 Å². The van der Waals surface area contributed by atoms with Crippen LogP contribution in [0.2, 0.25) is 0 Å². The number of benzene rings is 2. The van der Waals surface area contributed by atoms with E-state index in [2.05, 4.69) is 20.3 Å². The van der Waals surface area contributed by atoms with Crippen LogP contribution < -0.4 is 11.5 Å². The summed E-state index contributed by atoms with van der Waals surface area (Å²) in [6.07, 6.45) is 0. The third-order valence-corrected chi connectivity index (χ3v) is 3.37. The fourth-order valence-corrected chi connectivity index (χ4v) is 2.16. The smallest absolute Gasteiger partial charge is 0.289 e. The van der Waals surface area contributed by atoms with Crippen molar-refractivity contribution in [1.29, 1.82) is 0 Å². The van der Waals surface area contributed by atoms with E-state index in [1.807, 2.05) is 18.2 Å². The van der Waals surface area contributed by atoms with E-state index in [1.165, 1.54) is 4.68 Å². The van der Waals surface area contributed by atoms with Gasteiger partial charge in [-0.3, -0.25) is 4.79 Å². The molecule has 0 aliphatic carbocycles. The molecule has 130 valence electrons. The Kier molecular flexibility index (Phi) is 4.70. The molecule has 0 fully saturated rings. The number of carbonyl (C=O) groups is 1. The first-order chi connectivity index (χ1) is 12.6. The molecule has 26 heavy (non-hydrogen) atoms. The number of azo groups is 1. The fourth-order valence-electron chi connectivity index (χ4n) is 2.16. The maximum Gasteiger partial charge on any atom is 0.289 e. The Hall–Kier alpha value is -4.01. The minimum absolute atomic E-state index is 0.0778. The van der Waals surface area contributed by atoms with Gasteiger partial charge in [0.25, 0.3) is 11.9 Å². The highest BCUT2D eigenvalue weighted by molar-refractivity contribution is 5.98. The van der Waals surface area contributed by atoms with E-state index < -0.39 is 17.4 Å². The van der Waals surface area contributed by atoms with Crippen LogP contribution in [0, 0.1) is 0 Å². The number of aliphatic hydroxyl groups is 1. The number of para-hydroxylation sites is 1. The molecule has 0 spiro atoms. The highest BCUT2D eigenvalue weighted by Crippen LogP contribution is 2.20. The molecule has 0 saturated carbocycles. The minimum atomic E-state index is -0.939. The van der Waals surface area contributed by atoms with Crippen LogP contribution >= 0.6 is 0 Å². The van der Waals surface area contributed by atoms with E-state index in [4.69, 9.17) is 11.5 Å². The number of primary amides is 1. The highest BCUT2D eigenvalue weighted by atomic mass is 16.3. The van der Waals surface area contributed by atoms with Gasteiger partial charge >= 0.3 is 0 Å². The molecule has 9 heteroatoms. The van der Waals surface area contributed by atoms with Gasteiger partial charge in [-0.2, -0.15) is 9.67 Å². The maximum absolute atomic E-state index is 11.6. The first kappa shape index (κ1) is 16.8. The molecule has 0 saturated heterocycles. The summed E-state index contributed by atoms with van der Waals surface area (Å²) in [5.74, 6) is -1.31. The average Bonchev–Trinajstić information content (AvgIpc) is 3.03. The standard InChI is InChI=1S/C17H15N7O2/c18-15(26)13(14(25)11-7-3-1-4-8-11)21-22-17-20-16(19)24(23-17)12-9-5-2-6-10-12/h1-10,25H,(H2,18,26)(H2,19,20,23)/b14-13+,22-21?. The van der Waals surface area contributed by atoms with Crippen molar-refractivity contribution in [1.82, 2.24) is 14.8 Å². The second kappa shape index (κ2) is 7.26. The van der Waals surface area contributed by atoms with Gasteiger partial charge in [-0.15, -0.1) is 15.3 Å². The van der Waals surface area contributed by atoms with Crippen LogP contribution in [0.25, 0.3) is 11.4 Å². The number of nitrogens with two attached hydrogens (primary N) is 2. The molecule has 0 atom stereocenters. The second-order valence-corrected chi connectivity index (χ2v) is 5.14. The van der Waals surface area contributed by atoms with Crippen molar-refractivity contribution in [2.75, 3.05) is 5.73 Å². The van der Waals surface area contributed by atoms with Gasteiger partial charge < -0.3 is 16.6 Å². The molecule has 5 N–H and O–H groups in total. The molecule has 0 bridgehead atoms. The summed E-state index contributed by atoms with van der Waals surface area (Å²) in [5.41, 5.74) is 11.8. The predicted octanol–water partition coefficient (Wildman–Crippen LogP) is 2.35. The summed E-state index contributed by atoms with van der Waals surface area (Å²) >= 11 is 0. The molecule has 1 amide bonds. The van der Waals surface area contributed by atoms with Gasteiger partial charge in [0.1, 0.15) is 0 Å². The summed E-state index contributed by atoms with van der Waals surface area (Å²) < 4.78 is 1.37. The number of hydrogen-bond donors (Lipinski definition) is 3. The van der Waals surface area contributed by atoms with Crippen molar-refractivity contribution in [3.8, 4) is 5.69 Å². The van der Waals surface area contributed by atoms with E-state index in [9.17, 15) is 9.90 Å². The Balaban J connectivity index is 1.94. The summed E-state index contributed by atoms with van der Waals surface area (Å²) in [7, 11) is 0. The Morgan fingerprint density at radius 3 is 2.27 bits per heavy atom. The molecule has 1 aromatic heterocycles. The lowest BCUT2D eigenvalue weighted by Crippen LogP contribution is -2.14. The molecule has 3 aromatic rings. The Bertz CT molecular complexity index is 979. The lowest BCUT2D eigenvalue weighted by Gasteiger charge is -2.02. The molecule has 0 unspecified atom stereocenters. The van der Waals surface area contributed by atoms with Gasteiger partial charge in [0.2, 0.25) is 5.95 Å². The third kappa shape index (κ3) is 3.56. The average molecular weight is 349 g/mol. The SMILES string of the molecule is NC(=O)/C(N=Nc1nc(N)n(-c2ccccc2)n1)=C(\O)c1ccccc1. The van der Waals surface area contributed by atoms with Crippen molar-refractivity contribution < 1.29 is 9.90 Å². The van der Waals surface area contributed by atoms with E-state index in [0.29, 0.717) is 11.3 Å². The minimum Gasteiger partial charge on any atom is -0.505 e. The van der Waals surface area contributed by atoms with Crippen LogP contribution in [0.5, 0.6) is 0 Å². The van der Waals surface area contributed by atoms with Crippen LogP contribution in [-0.2, 0) is 4.79 Å². The van der Waals surface area contributed by atoms with Gasteiger partial charge in [-0.05, 0) is 12.1 Å². The van der Waals surface area contributed by atoms with Crippen LogP contribution in [0.1, 0.15) is 5.56 Å². The normalized spacial score (nSPS) is 12.2. The van der Waals surface area contributed by atoms with Gasteiger partial charge in [0.15, 0.2) is 11.5 Å². The first-order valence-electron chi connectivity index (χ1n) is 7.54. The van der Waals surface area contributed by atoms with E-state index in [-0.39, 0.29) is 11.9 Å². The highest BCUT2D eigenvalue weighted by Gasteiger charge is 2.14. The van der Waals surface area contributed by atoms with E-state index in [0.717, 1.165) is 0 Å². The van der Waals surface area contributed by atoms with E-state index >= 15 is 0 Å². The van der Waals surface area contributed by atoms with Crippen LogP contribution in [0.3, 0.4) is 0 Å². The number of aromatic nitrogens is 3. The van der Waals surface area contributed by atoms with Crippen molar-refractivity contribution in [3.05, 3.63) is 71.9 Å². The first-order valence-corrected chi connectivity index (χ1v) is 7.54. The molecule has 9 nitrogen and oxygen atoms in total. The van der Waals surface area contributed by atoms with Crippen molar-refractivity contribution in [2.45, 2.75) is 0 Å². The lowest BCUT2D eigenvalue weighted by molar-refractivity contribution is -0.114. The molecule has 0 aliphatic rings. The fraction of sp³-hybridized carbons (Fsp3) is 0. The molecule has 0 radical (unpaired) electrons. The number of amides is 1. The molecule has 3 rings (SSSR count). The van der Waals surface area contributed by atoms with Gasteiger partial charge in [0.05, 0.1) is 5.69 Å². The molecular formula is C17H15N7O2. The Morgan fingerprint density at radius 2 is 1.65 bits per heavy atom. The lowest BCUT2D eigenvalue weighted by atomic mass is 10.1. The molecular weight excluding hydrogens is 334 g/mol. The topological polar surface area (TPSA) is 145 Å². The summed E-state index contributed by atoms with van der Waals surface area (Å²) in [6, 6.07) is 17.5. The Labute approximate surface area is 148 Å². The predicted molar refractivity (Wildman–Crippen MR) is 95.5 cm³/mol. The largest absolute Gasteiger partial charge is 0.505 e. The van der Waals surface area contributed by atoms with Crippen LogP contribution in [-0.4, -0.2) is 25.8 Å². The number of aliphatic hydroxyl groups excluding tert-OH is 1. The van der Waals surface area contributed by atoms with Crippen molar-refractivity contribution in [3.63, 3.8) is 0 Å². The molecule has 2 aromatic carbocycles. The number of nitrogens with zero attached hydrogens (tertiary/aromatic N) is 5. The summed E-state index contributed by atoms with van der Waals surface area (Å²) in [6.45, 7) is 0. The number of hydrogen-bond acceptors (Lipinski definition) is 7. The number of rotatable bonds is 5. The second-order valence-electron chi connectivity index (χ2n) is 5.14. The number of carbonyl (C=O) groups excluding carboxylic acids is 1. The quantitative estimate of drug-likeness (QED) is 0.368. The van der Waals surface area contributed by atoms with Crippen molar-refractivity contribution >= 4 is 23.6 Å². The van der Waals surface area contributed by atoms with Gasteiger partial charge in [-0.1, -0.05) is 48.5 Å². The Morgan fingerprint density at radius 1 is 1.04 bits per heavy atom. The number of anilines is 1. The zero-order chi connectivity index (χ0) is 18.5. The van der Waals surface area contributed by atoms with Crippen molar-refractivity contribution in [2.24, 2.45) is 16.0 Å². The maximum atomic E-state index is 11.6. The van der Waals surface area contributed by atoms with Crippen LogP contribution in [0.15, 0.2) is 76.6 Å². The van der Waals surface area contributed by atoms with E-state index in [1.54, 1.807) is 42.5 Å². The zero-order valence-electron chi connectivity index (χ0n) is 13.5. The summed E-state index contributed by atoms with van der Waals surface area (Å²) in [4.78, 5) is 15.6. The molecule has 0 aliphatic heterocycles. The van der Waals surface area contributed by atoms with Gasteiger partial charge in [0, 0.05) is 5.56 Å². The zero-order valence-corrected chi connectivity index (χ0v) is 13.5. The third-order valence-electron chi connectivity index (χ3n) is 3.37.